The molecule has 0 atom stereocenters. The summed E-state index contributed by atoms with van der Waals surface area (Å²) in [5, 5.41) is 0. The van der Waals surface area contributed by atoms with Crippen molar-refractivity contribution < 1.29 is 27.5 Å². The molecule has 1 aromatic carbocycles. The zero-order valence-corrected chi connectivity index (χ0v) is 16.4. The van der Waals surface area contributed by atoms with Crippen molar-refractivity contribution in [3.8, 4) is 5.75 Å². The highest BCUT2D eigenvalue weighted by molar-refractivity contribution is 5.94. The number of hydrogen-bond acceptors (Lipinski definition) is 3. The quantitative estimate of drug-likeness (QED) is 0.754. The van der Waals surface area contributed by atoms with Crippen molar-refractivity contribution in [1.82, 2.24) is 9.80 Å². The standard InChI is InChI=1S/C21H27F3N2O3/c22-21(23,24)15-29-18-7-5-16(6-8-18)19(27)26-13-9-17(10-14-26)20(28)25-11-3-1-2-4-12-25/h5-8,17H,1-4,9-15H2. The molecule has 2 aliphatic rings. The summed E-state index contributed by atoms with van der Waals surface area (Å²) in [5.41, 5.74) is 0.404. The molecular weight excluding hydrogens is 385 g/mol. The van der Waals surface area contributed by atoms with Crippen LogP contribution in [0.4, 0.5) is 13.2 Å². The van der Waals surface area contributed by atoms with Gasteiger partial charge in [0.25, 0.3) is 5.91 Å². The topological polar surface area (TPSA) is 49.9 Å². The fourth-order valence-corrected chi connectivity index (χ4v) is 3.92. The summed E-state index contributed by atoms with van der Waals surface area (Å²) in [6.45, 7) is 1.32. The number of benzene rings is 1. The number of nitrogens with zero attached hydrogens (tertiary/aromatic N) is 2. The fourth-order valence-electron chi connectivity index (χ4n) is 3.92. The van der Waals surface area contributed by atoms with Gasteiger partial charge in [-0.3, -0.25) is 9.59 Å². The molecule has 1 aromatic rings. The van der Waals surface area contributed by atoms with Gasteiger partial charge >= 0.3 is 6.18 Å². The van der Waals surface area contributed by atoms with E-state index >= 15 is 0 Å². The molecule has 3 rings (SSSR count). The third kappa shape index (κ3) is 6.11. The van der Waals surface area contributed by atoms with Crippen molar-refractivity contribution in [2.45, 2.75) is 44.7 Å². The predicted molar refractivity (Wildman–Crippen MR) is 102 cm³/mol. The highest BCUT2D eigenvalue weighted by Crippen LogP contribution is 2.24. The number of piperidine rings is 1. The minimum Gasteiger partial charge on any atom is -0.484 e. The van der Waals surface area contributed by atoms with E-state index in [2.05, 4.69) is 4.74 Å². The maximum absolute atomic E-state index is 12.8. The first-order valence-electron chi connectivity index (χ1n) is 10.2. The average molecular weight is 412 g/mol. The van der Waals surface area contributed by atoms with Crippen LogP contribution >= 0.6 is 0 Å². The molecule has 0 N–H and O–H groups in total. The van der Waals surface area contributed by atoms with Crippen LogP contribution in [0.5, 0.6) is 5.75 Å². The number of hydrogen-bond donors (Lipinski definition) is 0. The van der Waals surface area contributed by atoms with Crippen LogP contribution in [0.2, 0.25) is 0 Å². The molecule has 2 aliphatic heterocycles. The van der Waals surface area contributed by atoms with Crippen LogP contribution in [0, 0.1) is 5.92 Å². The average Bonchev–Trinajstić information content (AvgIpc) is 3.01. The Morgan fingerprint density at radius 3 is 2.03 bits per heavy atom. The molecule has 2 amide bonds. The Kier molecular flexibility index (Phi) is 7.03. The van der Waals surface area contributed by atoms with E-state index in [1.54, 1.807) is 4.90 Å². The van der Waals surface area contributed by atoms with Crippen LogP contribution < -0.4 is 4.74 Å². The normalized spacial score (nSPS) is 19.0. The monoisotopic (exact) mass is 412 g/mol. The molecule has 0 spiro atoms. The number of rotatable bonds is 4. The van der Waals surface area contributed by atoms with Crippen LogP contribution in [0.1, 0.15) is 48.9 Å². The van der Waals surface area contributed by atoms with Crippen molar-refractivity contribution in [2.75, 3.05) is 32.8 Å². The van der Waals surface area contributed by atoms with Gasteiger partial charge in [0.05, 0.1) is 0 Å². The third-order valence-corrected chi connectivity index (χ3v) is 5.55. The number of halogens is 3. The number of amides is 2. The molecule has 2 fully saturated rings. The Labute approximate surface area is 168 Å². The van der Waals surface area contributed by atoms with E-state index in [1.165, 1.54) is 37.1 Å². The number of likely N-dealkylation sites (tertiary alicyclic amines) is 2. The molecule has 0 saturated carbocycles. The first-order chi connectivity index (χ1) is 13.8. The highest BCUT2D eigenvalue weighted by atomic mass is 19.4. The van der Waals surface area contributed by atoms with E-state index in [0.29, 0.717) is 31.5 Å². The van der Waals surface area contributed by atoms with Gasteiger partial charge < -0.3 is 14.5 Å². The maximum Gasteiger partial charge on any atom is 0.422 e. The minimum absolute atomic E-state index is 0.0321. The first-order valence-corrected chi connectivity index (χ1v) is 10.2. The van der Waals surface area contributed by atoms with Gasteiger partial charge in [-0.05, 0) is 49.9 Å². The van der Waals surface area contributed by atoms with Gasteiger partial charge in [0.2, 0.25) is 5.91 Å². The smallest absolute Gasteiger partial charge is 0.422 e. The summed E-state index contributed by atoms with van der Waals surface area (Å²) in [4.78, 5) is 29.1. The summed E-state index contributed by atoms with van der Waals surface area (Å²) in [6, 6.07) is 5.69. The van der Waals surface area contributed by atoms with Crippen LogP contribution in [0.3, 0.4) is 0 Å². The molecule has 8 heteroatoms. The lowest BCUT2D eigenvalue weighted by molar-refractivity contribution is -0.153. The van der Waals surface area contributed by atoms with Gasteiger partial charge in [0.15, 0.2) is 6.61 Å². The minimum atomic E-state index is -4.40. The lowest BCUT2D eigenvalue weighted by Crippen LogP contribution is -2.44. The van der Waals surface area contributed by atoms with Gasteiger partial charge in [-0.25, -0.2) is 0 Å². The molecule has 29 heavy (non-hydrogen) atoms. The van der Waals surface area contributed by atoms with Crippen LogP contribution in [0.25, 0.3) is 0 Å². The van der Waals surface area contributed by atoms with Gasteiger partial charge in [-0.15, -0.1) is 0 Å². The Balaban J connectivity index is 1.50. The van der Waals surface area contributed by atoms with E-state index in [-0.39, 0.29) is 23.5 Å². The van der Waals surface area contributed by atoms with Crippen molar-refractivity contribution in [3.63, 3.8) is 0 Å². The van der Waals surface area contributed by atoms with E-state index in [9.17, 15) is 22.8 Å². The van der Waals surface area contributed by atoms with Crippen molar-refractivity contribution >= 4 is 11.8 Å². The van der Waals surface area contributed by atoms with Gasteiger partial charge in [-0.2, -0.15) is 13.2 Å². The predicted octanol–water partition coefficient (Wildman–Crippen LogP) is 3.88. The summed E-state index contributed by atoms with van der Waals surface area (Å²) in [6.07, 6.45) is 1.37. The third-order valence-electron chi connectivity index (χ3n) is 5.55. The van der Waals surface area contributed by atoms with Crippen molar-refractivity contribution in [3.05, 3.63) is 29.8 Å². The Morgan fingerprint density at radius 1 is 0.897 bits per heavy atom. The van der Waals surface area contributed by atoms with Crippen LogP contribution in [-0.2, 0) is 4.79 Å². The lowest BCUT2D eigenvalue weighted by Gasteiger charge is -2.34. The van der Waals surface area contributed by atoms with E-state index in [0.717, 1.165) is 25.9 Å². The summed E-state index contributed by atoms with van der Waals surface area (Å²) < 4.78 is 41.3. The number of carbonyl (C=O) groups is 2. The van der Waals surface area contributed by atoms with Crippen molar-refractivity contribution in [1.29, 1.82) is 0 Å². The van der Waals surface area contributed by atoms with Gasteiger partial charge in [-0.1, -0.05) is 12.8 Å². The van der Waals surface area contributed by atoms with Gasteiger partial charge in [0, 0.05) is 37.7 Å². The second-order valence-electron chi connectivity index (χ2n) is 7.73. The molecule has 0 aliphatic carbocycles. The van der Waals surface area contributed by atoms with E-state index in [4.69, 9.17) is 0 Å². The SMILES string of the molecule is O=C(c1ccc(OCC(F)(F)F)cc1)N1CCC(C(=O)N2CCCCCC2)CC1. The second kappa shape index (κ2) is 9.50. The summed E-state index contributed by atoms with van der Waals surface area (Å²) in [7, 11) is 0. The molecular formula is C21H27F3N2O3. The van der Waals surface area contributed by atoms with E-state index in [1.807, 2.05) is 4.90 Å². The molecule has 0 aromatic heterocycles. The van der Waals surface area contributed by atoms with E-state index < -0.39 is 12.8 Å². The largest absolute Gasteiger partial charge is 0.484 e. The zero-order chi connectivity index (χ0) is 20.9. The molecule has 0 bridgehead atoms. The Morgan fingerprint density at radius 2 is 1.48 bits per heavy atom. The lowest BCUT2D eigenvalue weighted by atomic mass is 9.94. The first kappa shape index (κ1) is 21.5. The van der Waals surface area contributed by atoms with Crippen LogP contribution in [0.15, 0.2) is 24.3 Å². The summed E-state index contributed by atoms with van der Waals surface area (Å²) in [5.74, 6) is 0.0779. The fraction of sp³-hybridized carbons (Fsp3) is 0.619. The van der Waals surface area contributed by atoms with Crippen molar-refractivity contribution in [2.24, 2.45) is 5.92 Å². The maximum atomic E-state index is 12.8. The number of ether oxygens (including phenoxy) is 1. The number of alkyl halides is 3. The Hall–Kier alpha value is -2.25. The zero-order valence-electron chi connectivity index (χ0n) is 16.4. The molecule has 160 valence electrons. The molecule has 0 radical (unpaired) electrons. The molecule has 5 nitrogen and oxygen atoms in total. The molecule has 2 heterocycles. The van der Waals surface area contributed by atoms with Gasteiger partial charge in [0.1, 0.15) is 5.75 Å². The van der Waals surface area contributed by atoms with Crippen LogP contribution in [-0.4, -0.2) is 60.6 Å². The second-order valence-corrected chi connectivity index (χ2v) is 7.73. The number of carbonyl (C=O) groups excluding carboxylic acids is 2. The molecule has 0 unspecified atom stereocenters. The Bertz CT molecular complexity index is 690. The summed E-state index contributed by atoms with van der Waals surface area (Å²) >= 11 is 0. The highest BCUT2D eigenvalue weighted by Gasteiger charge is 2.31. The molecule has 2 saturated heterocycles.